The number of aromatic nitrogens is 5. The predicted octanol–water partition coefficient (Wildman–Crippen LogP) is 6.28. The predicted molar refractivity (Wildman–Crippen MR) is 186 cm³/mol. The lowest BCUT2D eigenvalue weighted by atomic mass is 9.93. The summed E-state index contributed by atoms with van der Waals surface area (Å²) in [6.45, 7) is 0.534. The van der Waals surface area contributed by atoms with E-state index in [1.165, 1.54) is 23.9 Å². The number of aliphatic hydroxyl groups excluding tert-OH is 1. The zero-order valence-electron chi connectivity index (χ0n) is 28.2. The average Bonchev–Trinajstić information content (AvgIpc) is 3.70. The van der Waals surface area contributed by atoms with E-state index in [1.807, 2.05) is 0 Å². The number of carbonyl (C=O) groups is 1. The number of amides is 1. The van der Waals surface area contributed by atoms with Gasteiger partial charge in [-0.05, 0) is 61.6 Å². The van der Waals surface area contributed by atoms with Gasteiger partial charge in [-0.1, -0.05) is 23.6 Å². The summed E-state index contributed by atoms with van der Waals surface area (Å²) in [7, 11) is 0.0800. The first kappa shape index (κ1) is 37.8. The van der Waals surface area contributed by atoms with Crippen LogP contribution in [0.3, 0.4) is 0 Å². The number of fused-ring (bicyclic) bond motifs is 2. The number of halogens is 7. The van der Waals surface area contributed by atoms with Gasteiger partial charge in [0.05, 0.1) is 27.7 Å². The van der Waals surface area contributed by atoms with Gasteiger partial charge in [0, 0.05) is 42.5 Å². The fourth-order valence-electron chi connectivity index (χ4n) is 6.44. The third-order valence-electron chi connectivity index (χ3n) is 8.45. The molecule has 53 heavy (non-hydrogen) atoms. The molecule has 0 saturated heterocycles. The van der Waals surface area contributed by atoms with E-state index in [4.69, 9.17) is 11.6 Å². The van der Waals surface area contributed by atoms with E-state index in [2.05, 4.69) is 37.1 Å². The van der Waals surface area contributed by atoms with Crippen molar-refractivity contribution in [1.29, 1.82) is 0 Å². The molecule has 3 atom stereocenters. The molecule has 1 aliphatic carbocycles. The SMILES string of the molecule is CC(O)C#Cc1ccc(-c2ccc(Cl)c3c(NS(C)=O)nn(C)c23)c(C(Cc2cc(F)cc(F)c2)NC(=O)Cn2nc(C(F)F)c3c2C(F)(F)CC3)n1. The maximum absolute atomic E-state index is 14.9. The van der Waals surface area contributed by atoms with Crippen LogP contribution in [-0.4, -0.2) is 52.1 Å². The average molecular weight is 778 g/mol. The minimum Gasteiger partial charge on any atom is -0.381 e. The first-order valence-electron chi connectivity index (χ1n) is 16.0. The number of hydrogen-bond acceptors (Lipinski definition) is 6. The molecule has 0 spiro atoms. The number of pyridine rings is 1. The third-order valence-corrected chi connectivity index (χ3v) is 9.24. The van der Waals surface area contributed by atoms with Crippen LogP contribution in [0.2, 0.25) is 5.02 Å². The van der Waals surface area contributed by atoms with E-state index >= 15 is 0 Å². The molecule has 3 heterocycles. The number of nitrogens with one attached hydrogen (secondary N) is 2. The largest absolute Gasteiger partial charge is 0.381 e. The van der Waals surface area contributed by atoms with Gasteiger partial charge in [-0.25, -0.2) is 26.8 Å². The molecule has 1 amide bonds. The van der Waals surface area contributed by atoms with Gasteiger partial charge in [-0.2, -0.15) is 19.0 Å². The van der Waals surface area contributed by atoms with Gasteiger partial charge < -0.3 is 10.4 Å². The molecule has 0 saturated carbocycles. The quantitative estimate of drug-likeness (QED) is 0.113. The molecule has 3 unspecified atom stereocenters. The number of aryl methyl sites for hydroxylation is 1. The summed E-state index contributed by atoms with van der Waals surface area (Å²) >= 11 is 6.59. The van der Waals surface area contributed by atoms with E-state index in [0.29, 0.717) is 32.8 Å². The fraction of sp³-hybridized carbons (Fsp3) is 0.314. The van der Waals surface area contributed by atoms with Crippen molar-refractivity contribution in [3.05, 3.63) is 93.0 Å². The number of rotatable bonds is 10. The van der Waals surface area contributed by atoms with Crippen molar-refractivity contribution in [2.45, 2.75) is 57.2 Å². The molecule has 0 bridgehead atoms. The Balaban J connectivity index is 1.52. The fourth-order valence-corrected chi connectivity index (χ4v) is 7.10. The Hall–Kier alpha value is -4.92. The molecule has 0 fully saturated rings. The summed E-state index contributed by atoms with van der Waals surface area (Å²) in [6.07, 6.45) is -4.17. The number of carbonyl (C=O) groups excluding carboxylic acids is 1. The Kier molecular flexibility index (Phi) is 10.6. The van der Waals surface area contributed by atoms with Crippen molar-refractivity contribution in [1.82, 2.24) is 29.9 Å². The van der Waals surface area contributed by atoms with Crippen molar-refractivity contribution >= 4 is 45.2 Å². The Morgan fingerprint density at radius 1 is 1.09 bits per heavy atom. The molecular weight excluding hydrogens is 748 g/mol. The summed E-state index contributed by atoms with van der Waals surface area (Å²) in [4.78, 5) is 18.5. The van der Waals surface area contributed by atoms with E-state index in [9.17, 15) is 40.5 Å². The number of hydrogen-bond donors (Lipinski definition) is 3. The molecular formula is C35H30ClF6N7O3S. The zero-order valence-corrected chi connectivity index (χ0v) is 29.7. The summed E-state index contributed by atoms with van der Waals surface area (Å²) in [5.74, 6) is -0.769. The van der Waals surface area contributed by atoms with Gasteiger partial charge in [0.2, 0.25) is 5.91 Å². The number of alkyl halides is 4. The summed E-state index contributed by atoms with van der Waals surface area (Å²) < 4.78 is 103. The van der Waals surface area contributed by atoms with E-state index in [0.717, 1.165) is 12.1 Å². The van der Waals surface area contributed by atoms with Crippen LogP contribution in [-0.2, 0) is 48.1 Å². The van der Waals surface area contributed by atoms with Crippen LogP contribution < -0.4 is 10.0 Å². The van der Waals surface area contributed by atoms with Gasteiger partial charge in [-0.3, -0.25) is 18.9 Å². The molecule has 6 rings (SSSR count). The molecule has 10 nitrogen and oxygen atoms in total. The van der Waals surface area contributed by atoms with Gasteiger partial charge in [-0.15, -0.1) is 0 Å². The first-order chi connectivity index (χ1) is 25.0. The number of anilines is 1. The highest BCUT2D eigenvalue weighted by molar-refractivity contribution is 7.85. The lowest BCUT2D eigenvalue weighted by molar-refractivity contribution is -0.122. The van der Waals surface area contributed by atoms with Crippen LogP contribution in [0, 0.1) is 23.5 Å². The summed E-state index contributed by atoms with van der Waals surface area (Å²) in [5, 5.41) is 21.3. The van der Waals surface area contributed by atoms with Crippen LogP contribution in [0.15, 0.2) is 42.5 Å². The number of benzene rings is 2. The highest BCUT2D eigenvalue weighted by Crippen LogP contribution is 2.45. The maximum atomic E-state index is 14.9. The van der Waals surface area contributed by atoms with Gasteiger partial charge in [0.1, 0.15) is 52.4 Å². The van der Waals surface area contributed by atoms with Crippen molar-refractivity contribution < 1.29 is 40.5 Å². The lowest BCUT2D eigenvalue weighted by Crippen LogP contribution is -2.35. The minimum absolute atomic E-state index is 0.0752. The van der Waals surface area contributed by atoms with Crippen molar-refractivity contribution in [3.63, 3.8) is 0 Å². The third kappa shape index (κ3) is 7.90. The van der Waals surface area contributed by atoms with Crippen LogP contribution in [0.4, 0.5) is 32.2 Å². The molecule has 0 aliphatic heterocycles. The Morgan fingerprint density at radius 2 is 1.79 bits per heavy atom. The molecule has 3 N–H and O–H groups in total. The van der Waals surface area contributed by atoms with E-state index in [-0.39, 0.29) is 46.2 Å². The molecule has 0 radical (unpaired) electrons. The highest BCUT2D eigenvalue weighted by atomic mass is 35.5. The Labute approximate surface area is 306 Å². The number of nitrogens with zero attached hydrogens (tertiary/aromatic N) is 5. The second kappa shape index (κ2) is 14.8. The number of aliphatic hydroxyl groups is 1. The van der Waals surface area contributed by atoms with Crippen molar-refractivity contribution in [2.24, 2.45) is 7.05 Å². The van der Waals surface area contributed by atoms with Gasteiger partial charge >= 0.3 is 0 Å². The second-order valence-electron chi connectivity index (χ2n) is 12.4. The highest BCUT2D eigenvalue weighted by Gasteiger charge is 2.46. The molecule has 18 heteroatoms. The zero-order chi connectivity index (χ0) is 38.4. The smallest absolute Gasteiger partial charge is 0.290 e. The standard InChI is InChI=1S/C35H30ClF6N7O3S/c1-17(50)4-5-21-6-7-22(23-8-9-25(36)28-31(23)48(2)46-34(28)47-53(3)52)29(43-21)26(14-18-12-19(37)15-20(38)13-18)44-27(51)16-49-32-24(10-11-35(32,41)42)30(45-49)33(39)40/h6-9,12-13,15,17,26,33,50H,10-11,14,16H2,1-3H3,(H,44,51)(H,46,47). The molecule has 5 aromatic rings. The van der Waals surface area contributed by atoms with Crippen LogP contribution in [0.25, 0.3) is 22.0 Å². The van der Waals surface area contributed by atoms with Gasteiger partial charge in [0.15, 0.2) is 5.82 Å². The summed E-state index contributed by atoms with van der Waals surface area (Å²) in [5.41, 5.74) is -0.424. The van der Waals surface area contributed by atoms with Crippen LogP contribution in [0.5, 0.6) is 0 Å². The minimum atomic E-state index is -3.51. The molecule has 3 aromatic heterocycles. The van der Waals surface area contributed by atoms with Gasteiger partial charge in [0.25, 0.3) is 12.3 Å². The molecule has 1 aliphatic rings. The molecule has 278 valence electrons. The normalized spacial score (nSPS) is 15.2. The van der Waals surface area contributed by atoms with Crippen molar-refractivity contribution in [2.75, 3.05) is 11.0 Å². The first-order valence-corrected chi connectivity index (χ1v) is 17.9. The van der Waals surface area contributed by atoms with Crippen LogP contribution >= 0.6 is 11.6 Å². The van der Waals surface area contributed by atoms with E-state index < -0.39 is 77.4 Å². The maximum Gasteiger partial charge on any atom is 0.290 e. The van der Waals surface area contributed by atoms with Crippen molar-refractivity contribution in [3.8, 4) is 23.0 Å². The van der Waals surface area contributed by atoms with E-state index in [1.54, 1.807) is 25.2 Å². The van der Waals surface area contributed by atoms with Crippen LogP contribution in [0.1, 0.15) is 59.7 Å². The molecule has 2 aromatic carbocycles. The Morgan fingerprint density at radius 3 is 2.45 bits per heavy atom. The topological polar surface area (TPSA) is 127 Å². The lowest BCUT2D eigenvalue weighted by Gasteiger charge is -2.23. The summed E-state index contributed by atoms with van der Waals surface area (Å²) in [6, 6.07) is 7.83. The monoisotopic (exact) mass is 777 g/mol. The Bertz CT molecular complexity index is 2320. The second-order valence-corrected chi connectivity index (χ2v) is 13.9.